The summed E-state index contributed by atoms with van der Waals surface area (Å²) in [6.45, 7) is 7.69. The van der Waals surface area contributed by atoms with Crippen molar-refractivity contribution in [2.24, 2.45) is 11.3 Å². The van der Waals surface area contributed by atoms with Crippen molar-refractivity contribution >= 4 is 0 Å². The molecule has 1 aromatic rings. The molecule has 0 radical (unpaired) electrons. The quantitative estimate of drug-likeness (QED) is 0.869. The summed E-state index contributed by atoms with van der Waals surface area (Å²) < 4.78 is 0. The summed E-state index contributed by atoms with van der Waals surface area (Å²) in [5, 5.41) is 13.7. The third-order valence-corrected chi connectivity index (χ3v) is 4.17. The van der Waals surface area contributed by atoms with Gasteiger partial charge in [-0.25, -0.2) is 0 Å². The van der Waals surface area contributed by atoms with Crippen LogP contribution in [-0.4, -0.2) is 17.7 Å². The minimum atomic E-state index is -0.401. The third-order valence-electron chi connectivity index (χ3n) is 4.17. The Morgan fingerprint density at radius 1 is 1.26 bits per heavy atom. The average molecular weight is 261 g/mol. The molecule has 0 saturated heterocycles. The number of rotatable bonds is 4. The normalized spacial score (nSPS) is 28.0. The predicted octanol–water partition coefficient (Wildman–Crippen LogP) is 3.52. The molecule has 1 saturated carbocycles. The van der Waals surface area contributed by atoms with Crippen LogP contribution < -0.4 is 5.32 Å². The molecule has 0 bridgehead atoms. The van der Waals surface area contributed by atoms with Crippen LogP contribution in [0.3, 0.4) is 0 Å². The summed E-state index contributed by atoms with van der Waals surface area (Å²) in [4.78, 5) is 0. The first-order chi connectivity index (χ1) is 8.96. The van der Waals surface area contributed by atoms with E-state index in [1.165, 1.54) is 19.3 Å². The minimum absolute atomic E-state index is 0.401. The second-order valence-corrected chi connectivity index (χ2v) is 6.94. The molecule has 2 N–H and O–H groups in total. The zero-order valence-corrected chi connectivity index (χ0v) is 12.4. The fourth-order valence-corrected chi connectivity index (χ4v) is 3.57. The van der Waals surface area contributed by atoms with Crippen molar-refractivity contribution in [2.75, 3.05) is 6.54 Å². The van der Waals surface area contributed by atoms with Crippen molar-refractivity contribution in [1.82, 2.24) is 5.32 Å². The van der Waals surface area contributed by atoms with Crippen molar-refractivity contribution in [3.05, 3.63) is 35.9 Å². The van der Waals surface area contributed by atoms with E-state index in [4.69, 9.17) is 0 Å². The van der Waals surface area contributed by atoms with Gasteiger partial charge in [-0.3, -0.25) is 0 Å². The second kappa shape index (κ2) is 6.06. The van der Waals surface area contributed by atoms with Gasteiger partial charge in [0.2, 0.25) is 0 Å². The number of hydrogen-bond acceptors (Lipinski definition) is 2. The Hall–Kier alpha value is -0.860. The van der Waals surface area contributed by atoms with Gasteiger partial charge >= 0.3 is 0 Å². The lowest BCUT2D eigenvalue weighted by atomic mass is 9.70. The summed E-state index contributed by atoms with van der Waals surface area (Å²) in [5.74, 6) is 0.773. The van der Waals surface area contributed by atoms with E-state index in [2.05, 4.69) is 26.1 Å². The van der Waals surface area contributed by atoms with Gasteiger partial charge in [0, 0.05) is 12.6 Å². The highest BCUT2D eigenvalue weighted by Crippen LogP contribution is 2.38. The van der Waals surface area contributed by atoms with Crippen molar-refractivity contribution in [3.8, 4) is 0 Å². The van der Waals surface area contributed by atoms with Gasteiger partial charge in [-0.2, -0.15) is 0 Å². The van der Waals surface area contributed by atoms with Crippen LogP contribution in [0.25, 0.3) is 0 Å². The number of aliphatic hydroxyl groups excluding tert-OH is 1. The molecule has 0 heterocycles. The Balaban J connectivity index is 1.85. The molecule has 0 amide bonds. The van der Waals surface area contributed by atoms with E-state index in [1.807, 2.05) is 30.3 Å². The van der Waals surface area contributed by atoms with E-state index in [0.717, 1.165) is 11.5 Å². The molecule has 2 nitrogen and oxygen atoms in total. The Morgan fingerprint density at radius 2 is 1.95 bits per heavy atom. The predicted molar refractivity (Wildman–Crippen MR) is 80.0 cm³/mol. The van der Waals surface area contributed by atoms with Crippen LogP contribution in [0.2, 0.25) is 0 Å². The van der Waals surface area contributed by atoms with Gasteiger partial charge in [0.25, 0.3) is 0 Å². The minimum Gasteiger partial charge on any atom is -0.387 e. The maximum Gasteiger partial charge on any atom is 0.0914 e. The lowest BCUT2D eigenvalue weighted by Crippen LogP contribution is -2.41. The van der Waals surface area contributed by atoms with E-state index < -0.39 is 6.10 Å². The van der Waals surface area contributed by atoms with E-state index >= 15 is 0 Å². The van der Waals surface area contributed by atoms with Crippen molar-refractivity contribution in [3.63, 3.8) is 0 Å². The van der Waals surface area contributed by atoms with Crippen molar-refractivity contribution in [2.45, 2.75) is 52.2 Å². The number of benzene rings is 1. The number of aliphatic hydroxyl groups is 1. The summed E-state index contributed by atoms with van der Waals surface area (Å²) >= 11 is 0. The van der Waals surface area contributed by atoms with Crippen LogP contribution in [-0.2, 0) is 0 Å². The van der Waals surface area contributed by atoms with Gasteiger partial charge in [0.1, 0.15) is 0 Å². The first-order valence-corrected chi connectivity index (χ1v) is 7.43. The zero-order chi connectivity index (χ0) is 13.9. The van der Waals surface area contributed by atoms with E-state index in [-0.39, 0.29) is 0 Å². The van der Waals surface area contributed by atoms with E-state index in [1.54, 1.807) is 0 Å². The first-order valence-electron chi connectivity index (χ1n) is 7.43. The largest absolute Gasteiger partial charge is 0.387 e. The molecular formula is C17H27NO. The van der Waals surface area contributed by atoms with Gasteiger partial charge in [-0.1, -0.05) is 51.1 Å². The molecule has 19 heavy (non-hydrogen) atoms. The molecule has 0 spiro atoms. The SMILES string of the molecule is CC1CC(NCC(O)c2ccccc2)CC(C)(C)C1. The van der Waals surface area contributed by atoms with Crippen LogP contribution >= 0.6 is 0 Å². The number of nitrogens with one attached hydrogen (secondary N) is 1. The molecule has 3 unspecified atom stereocenters. The van der Waals surface area contributed by atoms with Gasteiger partial charge in [0.05, 0.1) is 6.10 Å². The smallest absolute Gasteiger partial charge is 0.0914 e. The van der Waals surface area contributed by atoms with Crippen LogP contribution in [0.1, 0.15) is 51.7 Å². The first kappa shape index (κ1) is 14.5. The Labute approximate surface area is 117 Å². The van der Waals surface area contributed by atoms with Crippen LogP contribution in [0.4, 0.5) is 0 Å². The Morgan fingerprint density at radius 3 is 2.58 bits per heavy atom. The fraction of sp³-hybridized carbons (Fsp3) is 0.647. The highest BCUT2D eigenvalue weighted by Gasteiger charge is 2.31. The zero-order valence-electron chi connectivity index (χ0n) is 12.4. The average Bonchev–Trinajstić information content (AvgIpc) is 2.34. The van der Waals surface area contributed by atoms with Crippen molar-refractivity contribution in [1.29, 1.82) is 0 Å². The topological polar surface area (TPSA) is 32.3 Å². The molecule has 0 aromatic heterocycles. The van der Waals surface area contributed by atoms with Crippen LogP contribution in [0, 0.1) is 11.3 Å². The molecular weight excluding hydrogens is 234 g/mol. The molecule has 2 rings (SSSR count). The number of hydrogen-bond donors (Lipinski definition) is 2. The molecule has 3 atom stereocenters. The second-order valence-electron chi connectivity index (χ2n) is 6.94. The van der Waals surface area contributed by atoms with Gasteiger partial charge in [-0.15, -0.1) is 0 Å². The maximum absolute atomic E-state index is 10.2. The molecule has 1 fully saturated rings. The molecule has 2 heteroatoms. The van der Waals surface area contributed by atoms with Gasteiger partial charge < -0.3 is 10.4 Å². The highest BCUT2D eigenvalue weighted by molar-refractivity contribution is 5.17. The molecule has 1 aromatic carbocycles. The van der Waals surface area contributed by atoms with Crippen LogP contribution in [0.5, 0.6) is 0 Å². The summed E-state index contributed by atoms with van der Waals surface area (Å²) in [6.07, 6.45) is 3.34. The Bertz CT molecular complexity index is 388. The highest BCUT2D eigenvalue weighted by atomic mass is 16.3. The maximum atomic E-state index is 10.2. The Kier molecular flexibility index (Phi) is 4.64. The third kappa shape index (κ3) is 4.32. The van der Waals surface area contributed by atoms with Crippen LogP contribution in [0.15, 0.2) is 30.3 Å². The van der Waals surface area contributed by atoms with Gasteiger partial charge in [-0.05, 0) is 36.2 Å². The van der Waals surface area contributed by atoms with E-state index in [9.17, 15) is 5.11 Å². The molecule has 1 aliphatic carbocycles. The standard InChI is InChI=1S/C17H27NO/c1-13-9-15(11-17(2,3)10-13)18-12-16(19)14-7-5-4-6-8-14/h4-8,13,15-16,18-19H,9-12H2,1-3H3. The lowest BCUT2D eigenvalue weighted by Gasteiger charge is -2.39. The summed E-state index contributed by atoms with van der Waals surface area (Å²) in [5.41, 5.74) is 1.42. The monoisotopic (exact) mass is 261 g/mol. The lowest BCUT2D eigenvalue weighted by molar-refractivity contribution is 0.126. The molecule has 1 aliphatic rings. The molecule has 106 valence electrons. The van der Waals surface area contributed by atoms with Gasteiger partial charge in [0.15, 0.2) is 0 Å². The summed E-state index contributed by atoms with van der Waals surface area (Å²) in [6, 6.07) is 10.4. The van der Waals surface area contributed by atoms with Crippen molar-refractivity contribution < 1.29 is 5.11 Å². The molecule has 0 aliphatic heterocycles. The fourth-order valence-electron chi connectivity index (χ4n) is 3.57. The van der Waals surface area contributed by atoms with E-state index in [0.29, 0.717) is 18.0 Å². The summed E-state index contributed by atoms with van der Waals surface area (Å²) in [7, 11) is 0.